The van der Waals surface area contributed by atoms with E-state index in [2.05, 4.69) is 42.2 Å². The van der Waals surface area contributed by atoms with Crippen molar-refractivity contribution >= 4 is 37.8 Å². The van der Waals surface area contributed by atoms with Crippen LogP contribution in [0.25, 0.3) is 0 Å². The van der Waals surface area contributed by atoms with Gasteiger partial charge in [0.15, 0.2) is 0 Å². The van der Waals surface area contributed by atoms with Gasteiger partial charge >= 0.3 is 0 Å². The highest BCUT2D eigenvalue weighted by Gasteiger charge is 2.05. The van der Waals surface area contributed by atoms with Gasteiger partial charge in [-0.3, -0.25) is 4.79 Å². The number of nitrogens with zero attached hydrogens (tertiary/aromatic N) is 1. The normalized spacial score (nSPS) is 10.1. The van der Waals surface area contributed by atoms with Crippen molar-refractivity contribution in [3.05, 3.63) is 62.8 Å². The van der Waals surface area contributed by atoms with Crippen molar-refractivity contribution in [1.29, 1.82) is 0 Å². The van der Waals surface area contributed by atoms with E-state index < -0.39 is 0 Å². The molecule has 2 rings (SSSR count). The molecule has 18 heavy (non-hydrogen) atoms. The Hall–Kier alpha value is -1.20. The lowest BCUT2D eigenvalue weighted by molar-refractivity contribution is 0.0950. The number of aromatic nitrogens is 1. The van der Waals surface area contributed by atoms with Gasteiger partial charge < -0.3 is 5.32 Å². The first-order valence-corrected chi connectivity index (χ1v) is 6.88. The maximum Gasteiger partial charge on any atom is 0.253 e. The zero-order valence-electron chi connectivity index (χ0n) is 9.36. The summed E-state index contributed by atoms with van der Waals surface area (Å²) in [6.07, 6.45) is 1.54. The number of carbonyl (C=O) groups is 1. The molecule has 0 spiro atoms. The molecule has 1 N–H and O–H groups in total. The van der Waals surface area contributed by atoms with E-state index in [1.54, 1.807) is 18.3 Å². The topological polar surface area (TPSA) is 42.0 Å². The molecule has 0 aliphatic carbocycles. The molecule has 0 unspecified atom stereocenters. The van der Waals surface area contributed by atoms with Gasteiger partial charge in [0, 0.05) is 17.2 Å². The first-order valence-electron chi connectivity index (χ1n) is 5.29. The quantitative estimate of drug-likeness (QED) is 0.841. The lowest BCUT2D eigenvalue weighted by Gasteiger charge is -2.05. The molecule has 0 bridgehead atoms. The van der Waals surface area contributed by atoms with Crippen LogP contribution in [0.15, 0.2) is 51.7 Å². The number of nitrogens with one attached hydrogen (secondary N) is 1. The Kier molecular flexibility index (Phi) is 4.49. The number of benzene rings is 1. The van der Waals surface area contributed by atoms with Gasteiger partial charge in [0.05, 0.1) is 5.56 Å². The number of pyridine rings is 1. The van der Waals surface area contributed by atoms with Crippen LogP contribution in [0.5, 0.6) is 0 Å². The molecule has 0 fully saturated rings. The van der Waals surface area contributed by atoms with Crippen molar-refractivity contribution < 1.29 is 4.79 Å². The standard InChI is InChI=1S/C13H10Br2N2O/c14-11-3-1-2-9(6-11)7-17-13(18)10-4-5-12(15)16-8-10/h1-6,8H,7H2,(H,17,18). The van der Waals surface area contributed by atoms with E-state index in [4.69, 9.17) is 0 Å². The summed E-state index contributed by atoms with van der Waals surface area (Å²) in [4.78, 5) is 15.9. The van der Waals surface area contributed by atoms with Crippen molar-refractivity contribution in [1.82, 2.24) is 10.3 Å². The van der Waals surface area contributed by atoms with E-state index in [-0.39, 0.29) is 5.91 Å². The minimum absolute atomic E-state index is 0.130. The van der Waals surface area contributed by atoms with Crippen molar-refractivity contribution in [2.24, 2.45) is 0 Å². The summed E-state index contributed by atoms with van der Waals surface area (Å²) < 4.78 is 1.71. The lowest BCUT2D eigenvalue weighted by Crippen LogP contribution is -2.22. The van der Waals surface area contributed by atoms with Crippen LogP contribution in [0.4, 0.5) is 0 Å². The van der Waals surface area contributed by atoms with Gasteiger partial charge in [-0.2, -0.15) is 0 Å². The minimum atomic E-state index is -0.130. The molecule has 0 aliphatic rings. The number of halogens is 2. The molecule has 0 atom stereocenters. The van der Waals surface area contributed by atoms with E-state index in [0.717, 1.165) is 10.0 Å². The van der Waals surface area contributed by atoms with Crippen molar-refractivity contribution in [3.8, 4) is 0 Å². The fourth-order valence-corrected chi connectivity index (χ4v) is 2.12. The second kappa shape index (κ2) is 6.11. The molecule has 0 aliphatic heterocycles. The highest BCUT2D eigenvalue weighted by atomic mass is 79.9. The SMILES string of the molecule is O=C(NCc1cccc(Br)c1)c1ccc(Br)nc1. The molecule has 2 aromatic rings. The Morgan fingerprint density at radius 3 is 2.72 bits per heavy atom. The van der Waals surface area contributed by atoms with Gasteiger partial charge in [-0.1, -0.05) is 28.1 Å². The average molecular weight is 370 g/mol. The molecule has 0 radical (unpaired) electrons. The third-order valence-electron chi connectivity index (χ3n) is 2.33. The summed E-state index contributed by atoms with van der Waals surface area (Å²) in [7, 11) is 0. The Morgan fingerprint density at radius 2 is 2.06 bits per heavy atom. The Bertz CT molecular complexity index is 555. The van der Waals surface area contributed by atoms with Gasteiger partial charge in [-0.05, 0) is 45.8 Å². The molecular formula is C13H10Br2N2O. The summed E-state index contributed by atoms with van der Waals surface area (Å²) in [5.74, 6) is -0.130. The van der Waals surface area contributed by atoms with Crippen molar-refractivity contribution in [3.63, 3.8) is 0 Å². The lowest BCUT2D eigenvalue weighted by atomic mass is 10.2. The number of amides is 1. The summed E-state index contributed by atoms with van der Waals surface area (Å²) in [6.45, 7) is 0.494. The van der Waals surface area contributed by atoms with E-state index in [1.807, 2.05) is 24.3 Å². The van der Waals surface area contributed by atoms with E-state index in [9.17, 15) is 4.79 Å². The Morgan fingerprint density at radius 1 is 1.22 bits per heavy atom. The third kappa shape index (κ3) is 3.65. The predicted molar refractivity (Wildman–Crippen MR) is 77.2 cm³/mol. The fraction of sp³-hybridized carbons (Fsp3) is 0.0769. The van der Waals surface area contributed by atoms with Crippen LogP contribution >= 0.6 is 31.9 Å². The predicted octanol–water partition coefficient (Wildman–Crippen LogP) is 3.54. The van der Waals surface area contributed by atoms with Crippen LogP contribution in [-0.2, 0) is 6.54 Å². The molecule has 0 saturated carbocycles. The van der Waals surface area contributed by atoms with Crippen LogP contribution in [0.1, 0.15) is 15.9 Å². The summed E-state index contributed by atoms with van der Waals surface area (Å²) in [5, 5.41) is 2.85. The van der Waals surface area contributed by atoms with E-state index in [0.29, 0.717) is 16.7 Å². The maximum atomic E-state index is 11.8. The average Bonchev–Trinajstić information content (AvgIpc) is 2.37. The van der Waals surface area contributed by atoms with Crippen LogP contribution in [0.3, 0.4) is 0 Å². The molecular weight excluding hydrogens is 360 g/mol. The van der Waals surface area contributed by atoms with E-state index in [1.165, 1.54) is 0 Å². The minimum Gasteiger partial charge on any atom is -0.348 e. The first-order chi connectivity index (χ1) is 8.65. The smallest absolute Gasteiger partial charge is 0.253 e. The monoisotopic (exact) mass is 368 g/mol. The van der Waals surface area contributed by atoms with Gasteiger partial charge in [0.25, 0.3) is 5.91 Å². The van der Waals surface area contributed by atoms with Crippen molar-refractivity contribution in [2.75, 3.05) is 0 Å². The summed E-state index contributed by atoms with van der Waals surface area (Å²) >= 11 is 6.62. The molecule has 1 aromatic heterocycles. The molecule has 1 heterocycles. The highest BCUT2D eigenvalue weighted by Crippen LogP contribution is 2.11. The van der Waals surface area contributed by atoms with E-state index >= 15 is 0 Å². The molecule has 1 aromatic carbocycles. The highest BCUT2D eigenvalue weighted by molar-refractivity contribution is 9.10. The second-order valence-corrected chi connectivity index (χ2v) is 5.41. The van der Waals surface area contributed by atoms with Crippen LogP contribution in [-0.4, -0.2) is 10.9 Å². The summed E-state index contributed by atoms with van der Waals surface area (Å²) in [5.41, 5.74) is 1.59. The van der Waals surface area contributed by atoms with Crippen LogP contribution in [0.2, 0.25) is 0 Å². The maximum absolute atomic E-state index is 11.8. The second-order valence-electron chi connectivity index (χ2n) is 3.68. The Balaban J connectivity index is 1.98. The number of rotatable bonds is 3. The molecule has 1 amide bonds. The summed E-state index contributed by atoms with van der Waals surface area (Å²) in [6, 6.07) is 11.3. The van der Waals surface area contributed by atoms with Gasteiger partial charge in [0.2, 0.25) is 0 Å². The number of hydrogen-bond acceptors (Lipinski definition) is 2. The Labute approximate surface area is 122 Å². The molecule has 3 nitrogen and oxygen atoms in total. The van der Waals surface area contributed by atoms with Gasteiger partial charge in [0.1, 0.15) is 4.60 Å². The zero-order chi connectivity index (χ0) is 13.0. The first kappa shape index (κ1) is 13.2. The van der Waals surface area contributed by atoms with Crippen LogP contribution in [0, 0.1) is 0 Å². The fourth-order valence-electron chi connectivity index (χ4n) is 1.44. The molecule has 5 heteroatoms. The molecule has 0 saturated heterocycles. The third-order valence-corrected chi connectivity index (χ3v) is 3.29. The zero-order valence-corrected chi connectivity index (χ0v) is 12.5. The molecule has 92 valence electrons. The van der Waals surface area contributed by atoms with Gasteiger partial charge in [-0.15, -0.1) is 0 Å². The largest absolute Gasteiger partial charge is 0.348 e. The number of hydrogen-bond donors (Lipinski definition) is 1. The number of carbonyl (C=O) groups excluding carboxylic acids is 1. The van der Waals surface area contributed by atoms with Crippen LogP contribution < -0.4 is 5.32 Å². The van der Waals surface area contributed by atoms with Gasteiger partial charge in [-0.25, -0.2) is 4.98 Å². The van der Waals surface area contributed by atoms with Crippen molar-refractivity contribution in [2.45, 2.75) is 6.54 Å².